The maximum atomic E-state index is 13.5. The topological polar surface area (TPSA) is 93.0 Å². The lowest BCUT2D eigenvalue weighted by atomic mass is 9.98. The van der Waals surface area contributed by atoms with Crippen LogP contribution in [0.25, 0.3) is 12.2 Å². The summed E-state index contributed by atoms with van der Waals surface area (Å²) in [7, 11) is -3.86. The number of carbonyl (C=O) groups excluding carboxylic acids is 1. The van der Waals surface area contributed by atoms with Crippen LogP contribution in [0.4, 0.5) is 0 Å². The third kappa shape index (κ3) is 4.79. The Labute approximate surface area is 188 Å². The summed E-state index contributed by atoms with van der Waals surface area (Å²) in [6, 6.07) is 7.88. The van der Waals surface area contributed by atoms with Gasteiger partial charge in [-0.1, -0.05) is 41.1 Å². The van der Waals surface area contributed by atoms with Crippen LogP contribution in [0.5, 0.6) is 0 Å². The Morgan fingerprint density at radius 1 is 1.09 bits per heavy atom. The number of morpholine rings is 1. The summed E-state index contributed by atoms with van der Waals surface area (Å²) in [6.07, 6.45) is 4.76. The lowest BCUT2D eigenvalue weighted by Crippen LogP contribution is -2.49. The predicted molar refractivity (Wildman–Crippen MR) is 120 cm³/mol. The molecule has 2 fully saturated rings. The molecule has 1 unspecified atom stereocenters. The monoisotopic (exact) mass is 459 g/mol. The van der Waals surface area contributed by atoms with E-state index in [0.717, 1.165) is 11.1 Å². The largest absolute Gasteiger partial charge is 0.378 e. The van der Waals surface area contributed by atoms with Crippen LogP contribution in [0.1, 0.15) is 35.4 Å². The van der Waals surface area contributed by atoms with Crippen molar-refractivity contribution in [2.75, 3.05) is 39.4 Å². The molecule has 2 aromatic rings. The van der Waals surface area contributed by atoms with Gasteiger partial charge in [0.05, 0.1) is 19.1 Å². The van der Waals surface area contributed by atoms with Gasteiger partial charge in [0.1, 0.15) is 5.69 Å². The van der Waals surface area contributed by atoms with E-state index in [2.05, 4.69) is 5.16 Å². The molecule has 1 amide bonds. The molecule has 2 saturated heterocycles. The Morgan fingerprint density at radius 2 is 1.81 bits per heavy atom. The Kier molecular flexibility index (Phi) is 6.78. The van der Waals surface area contributed by atoms with E-state index < -0.39 is 10.0 Å². The zero-order valence-electron chi connectivity index (χ0n) is 18.5. The van der Waals surface area contributed by atoms with E-state index in [9.17, 15) is 13.2 Å². The van der Waals surface area contributed by atoms with Crippen molar-refractivity contribution < 1.29 is 22.5 Å². The number of sulfonamides is 1. The second-order valence-electron chi connectivity index (χ2n) is 8.35. The minimum absolute atomic E-state index is 0.00901. The summed E-state index contributed by atoms with van der Waals surface area (Å²) in [5, 5.41) is 3.91. The lowest BCUT2D eigenvalue weighted by Gasteiger charge is -2.35. The number of rotatable bonds is 5. The highest BCUT2D eigenvalue weighted by molar-refractivity contribution is 7.89. The van der Waals surface area contributed by atoms with Crippen LogP contribution in [0.2, 0.25) is 0 Å². The molecule has 1 aromatic carbocycles. The summed E-state index contributed by atoms with van der Waals surface area (Å²) in [6.45, 7) is 6.34. The van der Waals surface area contributed by atoms with Gasteiger partial charge < -0.3 is 14.2 Å². The maximum absolute atomic E-state index is 13.5. The highest BCUT2D eigenvalue weighted by atomic mass is 32.2. The van der Waals surface area contributed by atoms with Crippen molar-refractivity contribution in [3.05, 3.63) is 46.8 Å². The molecule has 2 aliphatic heterocycles. The first-order valence-corrected chi connectivity index (χ1v) is 12.4. The van der Waals surface area contributed by atoms with Crippen LogP contribution in [0.3, 0.4) is 0 Å². The number of hydrogen-bond donors (Lipinski definition) is 0. The molecule has 8 nitrogen and oxygen atoms in total. The summed E-state index contributed by atoms with van der Waals surface area (Å²) in [5.74, 6) is -0.136. The number of piperidine rings is 1. The van der Waals surface area contributed by atoms with Gasteiger partial charge in [0.2, 0.25) is 15.9 Å². The molecular weight excluding hydrogens is 430 g/mol. The zero-order valence-corrected chi connectivity index (χ0v) is 19.3. The standard InChI is InChI=1S/C23H29N3O5S/c1-17-5-7-19(8-6-17)9-10-21-22(18(2)24-31-21)32(28,29)26-11-3-4-20(16-26)23(27)25-12-14-30-15-13-25/h5-10,20H,3-4,11-16H2,1-2H3. The molecule has 1 aromatic heterocycles. The lowest BCUT2D eigenvalue weighted by molar-refractivity contribution is -0.140. The molecule has 9 heteroatoms. The number of nitrogens with zero attached hydrogens (tertiary/aromatic N) is 3. The number of ether oxygens (including phenoxy) is 1. The summed E-state index contributed by atoms with van der Waals surface area (Å²) in [4.78, 5) is 14.8. The first kappa shape index (κ1) is 22.7. The highest BCUT2D eigenvalue weighted by Gasteiger charge is 2.38. The third-order valence-electron chi connectivity index (χ3n) is 5.99. The molecule has 172 valence electrons. The molecule has 0 spiro atoms. The second-order valence-corrected chi connectivity index (χ2v) is 10.2. The Morgan fingerprint density at radius 3 is 2.53 bits per heavy atom. The minimum atomic E-state index is -3.86. The summed E-state index contributed by atoms with van der Waals surface area (Å²) >= 11 is 0. The van der Waals surface area contributed by atoms with Gasteiger partial charge >= 0.3 is 0 Å². The first-order valence-electron chi connectivity index (χ1n) is 10.9. The predicted octanol–water partition coefficient (Wildman–Crippen LogP) is 2.72. The van der Waals surface area contributed by atoms with Crippen LogP contribution in [-0.4, -0.2) is 68.1 Å². The van der Waals surface area contributed by atoms with Crippen molar-refractivity contribution in [1.82, 2.24) is 14.4 Å². The molecule has 32 heavy (non-hydrogen) atoms. The zero-order chi connectivity index (χ0) is 22.7. The van der Waals surface area contributed by atoms with Crippen molar-refractivity contribution in [2.45, 2.75) is 31.6 Å². The highest BCUT2D eigenvalue weighted by Crippen LogP contribution is 2.30. The van der Waals surface area contributed by atoms with Gasteiger partial charge in [-0.05, 0) is 38.3 Å². The van der Waals surface area contributed by atoms with Gasteiger partial charge in [-0.25, -0.2) is 8.42 Å². The summed E-state index contributed by atoms with van der Waals surface area (Å²) < 4.78 is 39.2. The van der Waals surface area contributed by atoms with Gasteiger partial charge in [0.15, 0.2) is 10.7 Å². The minimum Gasteiger partial charge on any atom is -0.378 e. The average Bonchev–Trinajstić information content (AvgIpc) is 3.20. The van der Waals surface area contributed by atoms with Crippen LogP contribution >= 0.6 is 0 Å². The Balaban J connectivity index is 1.54. The third-order valence-corrected chi connectivity index (χ3v) is 8.02. The van der Waals surface area contributed by atoms with Crippen molar-refractivity contribution in [1.29, 1.82) is 0 Å². The van der Waals surface area contributed by atoms with E-state index in [4.69, 9.17) is 9.26 Å². The Bertz CT molecular complexity index is 1090. The fourth-order valence-electron chi connectivity index (χ4n) is 4.18. The number of hydrogen-bond acceptors (Lipinski definition) is 6. The van der Waals surface area contributed by atoms with E-state index in [1.807, 2.05) is 31.2 Å². The van der Waals surface area contributed by atoms with Crippen molar-refractivity contribution >= 4 is 28.1 Å². The fourth-order valence-corrected chi connectivity index (χ4v) is 5.96. The molecule has 0 saturated carbocycles. The maximum Gasteiger partial charge on any atom is 0.248 e. The number of aromatic nitrogens is 1. The molecular formula is C23H29N3O5S. The van der Waals surface area contributed by atoms with Gasteiger partial charge in [0, 0.05) is 26.2 Å². The normalized spacial score (nSPS) is 20.7. The molecule has 0 N–H and O–H groups in total. The van der Waals surface area contributed by atoms with Crippen LogP contribution in [0.15, 0.2) is 33.7 Å². The van der Waals surface area contributed by atoms with Gasteiger partial charge in [-0.2, -0.15) is 4.31 Å². The molecule has 3 heterocycles. The van der Waals surface area contributed by atoms with Gasteiger partial charge in [-0.15, -0.1) is 0 Å². The molecule has 0 radical (unpaired) electrons. The van der Waals surface area contributed by atoms with E-state index in [1.165, 1.54) is 4.31 Å². The van der Waals surface area contributed by atoms with Gasteiger partial charge in [0.25, 0.3) is 0 Å². The van der Waals surface area contributed by atoms with E-state index >= 15 is 0 Å². The SMILES string of the molecule is Cc1ccc(C=Cc2onc(C)c2S(=O)(=O)N2CCCC(C(=O)N3CCOCC3)C2)cc1. The first-order chi connectivity index (χ1) is 15.4. The Hall–Kier alpha value is -2.49. The van der Waals surface area contributed by atoms with E-state index in [-0.39, 0.29) is 29.0 Å². The van der Waals surface area contributed by atoms with Crippen molar-refractivity contribution in [3.63, 3.8) is 0 Å². The van der Waals surface area contributed by atoms with E-state index in [0.29, 0.717) is 51.4 Å². The molecule has 0 aliphatic carbocycles. The van der Waals surface area contributed by atoms with Crippen molar-refractivity contribution in [3.8, 4) is 0 Å². The van der Waals surface area contributed by atoms with Crippen molar-refractivity contribution in [2.24, 2.45) is 5.92 Å². The van der Waals surface area contributed by atoms with Crippen LogP contribution in [0, 0.1) is 19.8 Å². The van der Waals surface area contributed by atoms with Crippen LogP contribution < -0.4 is 0 Å². The number of carbonyl (C=O) groups is 1. The molecule has 0 bridgehead atoms. The smallest absolute Gasteiger partial charge is 0.248 e. The van der Waals surface area contributed by atoms with Gasteiger partial charge in [-0.3, -0.25) is 4.79 Å². The fraction of sp³-hybridized carbons (Fsp3) is 0.478. The molecule has 2 aliphatic rings. The molecule has 4 rings (SSSR count). The average molecular weight is 460 g/mol. The number of amides is 1. The number of benzene rings is 1. The number of aryl methyl sites for hydroxylation is 2. The second kappa shape index (κ2) is 9.56. The quantitative estimate of drug-likeness (QED) is 0.683. The van der Waals surface area contributed by atoms with Crippen LogP contribution in [-0.2, 0) is 19.6 Å². The van der Waals surface area contributed by atoms with E-state index in [1.54, 1.807) is 24.0 Å². The molecule has 1 atom stereocenters. The summed E-state index contributed by atoms with van der Waals surface area (Å²) in [5.41, 5.74) is 2.39.